The zero-order valence-corrected chi connectivity index (χ0v) is 13.7. The summed E-state index contributed by atoms with van der Waals surface area (Å²) in [6.45, 7) is 1.62. The molecule has 3 nitrogen and oxygen atoms in total. The second-order valence-electron chi connectivity index (χ2n) is 6.15. The molecule has 1 atom stereocenters. The molecule has 1 amide bonds. The van der Waals surface area contributed by atoms with Crippen LogP contribution < -0.4 is 4.74 Å². The molecule has 1 aliphatic carbocycles. The average molecular weight is 349 g/mol. The molecule has 3 rings (SSSR count). The average Bonchev–Trinajstić information content (AvgIpc) is 3.38. The highest BCUT2D eigenvalue weighted by molar-refractivity contribution is 5.81. The molecule has 0 bridgehead atoms. The predicted octanol–water partition coefficient (Wildman–Crippen LogP) is 4.06. The van der Waals surface area contributed by atoms with Gasteiger partial charge in [0.2, 0.25) is 0 Å². The lowest BCUT2D eigenvalue weighted by atomic mass is 10.1. The number of carbonyl (C=O) groups excluding carboxylic acids is 1. The van der Waals surface area contributed by atoms with Crippen molar-refractivity contribution in [2.24, 2.45) is 0 Å². The van der Waals surface area contributed by atoms with Crippen molar-refractivity contribution < 1.29 is 22.7 Å². The first-order valence-electron chi connectivity index (χ1n) is 8.10. The zero-order valence-electron chi connectivity index (χ0n) is 13.7. The molecular weight excluding hydrogens is 331 g/mol. The summed E-state index contributed by atoms with van der Waals surface area (Å²) in [7, 11) is 0. The van der Waals surface area contributed by atoms with Gasteiger partial charge in [0.15, 0.2) is 6.10 Å². The van der Waals surface area contributed by atoms with E-state index in [1.807, 2.05) is 0 Å². The van der Waals surface area contributed by atoms with Gasteiger partial charge in [0.1, 0.15) is 23.2 Å². The van der Waals surface area contributed by atoms with Crippen molar-refractivity contribution in [3.8, 4) is 5.75 Å². The molecule has 25 heavy (non-hydrogen) atoms. The van der Waals surface area contributed by atoms with E-state index < -0.39 is 23.6 Å². The molecule has 1 aliphatic rings. The standard InChI is InChI=1S/C19H18F3NO2/c1-12(25-17-4-2-3-14(20)9-17)19(24)23(16-7-8-16)11-13-5-6-15(21)10-18(13)22/h2-6,9-10,12,16H,7-8,11H2,1H3. The van der Waals surface area contributed by atoms with Crippen LogP contribution in [-0.2, 0) is 11.3 Å². The van der Waals surface area contributed by atoms with Crippen LogP contribution in [0.15, 0.2) is 42.5 Å². The minimum absolute atomic E-state index is 0.0236. The number of amides is 1. The van der Waals surface area contributed by atoms with Crippen LogP contribution in [0.2, 0.25) is 0 Å². The van der Waals surface area contributed by atoms with E-state index in [2.05, 4.69) is 0 Å². The Balaban J connectivity index is 1.72. The van der Waals surface area contributed by atoms with Crippen molar-refractivity contribution >= 4 is 5.91 Å². The normalized spacial score (nSPS) is 14.9. The van der Waals surface area contributed by atoms with E-state index in [4.69, 9.17) is 4.74 Å². The van der Waals surface area contributed by atoms with E-state index >= 15 is 0 Å². The van der Waals surface area contributed by atoms with Crippen molar-refractivity contribution in [1.82, 2.24) is 4.90 Å². The summed E-state index contributed by atoms with van der Waals surface area (Å²) >= 11 is 0. The second kappa shape index (κ2) is 7.17. The van der Waals surface area contributed by atoms with E-state index in [0.29, 0.717) is 0 Å². The zero-order chi connectivity index (χ0) is 18.0. The van der Waals surface area contributed by atoms with Crippen LogP contribution in [0.5, 0.6) is 5.75 Å². The largest absolute Gasteiger partial charge is 0.481 e. The lowest BCUT2D eigenvalue weighted by Gasteiger charge is -2.26. The van der Waals surface area contributed by atoms with E-state index in [0.717, 1.165) is 18.9 Å². The summed E-state index contributed by atoms with van der Waals surface area (Å²) in [6.07, 6.45) is 0.827. The van der Waals surface area contributed by atoms with Crippen LogP contribution in [0.4, 0.5) is 13.2 Å². The van der Waals surface area contributed by atoms with Crippen molar-refractivity contribution in [3.63, 3.8) is 0 Å². The number of ether oxygens (including phenoxy) is 1. The highest BCUT2D eigenvalue weighted by atomic mass is 19.1. The van der Waals surface area contributed by atoms with Crippen molar-refractivity contribution in [2.45, 2.75) is 38.5 Å². The maximum Gasteiger partial charge on any atom is 0.263 e. The fourth-order valence-electron chi connectivity index (χ4n) is 2.63. The maximum absolute atomic E-state index is 13.9. The van der Waals surface area contributed by atoms with Gasteiger partial charge >= 0.3 is 0 Å². The van der Waals surface area contributed by atoms with Crippen LogP contribution in [0, 0.1) is 17.5 Å². The van der Waals surface area contributed by atoms with Crippen LogP contribution in [0.25, 0.3) is 0 Å². The molecule has 0 aromatic heterocycles. The number of carbonyl (C=O) groups is 1. The Bertz CT molecular complexity index is 777. The third kappa shape index (κ3) is 4.32. The first kappa shape index (κ1) is 17.3. The van der Waals surface area contributed by atoms with Gasteiger partial charge in [0, 0.05) is 30.3 Å². The number of halogens is 3. The van der Waals surface area contributed by atoms with E-state index in [1.54, 1.807) is 17.9 Å². The summed E-state index contributed by atoms with van der Waals surface area (Å²) in [5.41, 5.74) is 0.250. The Labute approximate surface area is 144 Å². The highest BCUT2D eigenvalue weighted by Crippen LogP contribution is 2.30. The number of nitrogens with zero attached hydrogens (tertiary/aromatic N) is 1. The number of hydrogen-bond donors (Lipinski definition) is 0. The van der Waals surface area contributed by atoms with Gasteiger partial charge in [-0.15, -0.1) is 0 Å². The van der Waals surface area contributed by atoms with Crippen molar-refractivity contribution in [2.75, 3.05) is 0 Å². The van der Waals surface area contributed by atoms with Gasteiger partial charge in [0.25, 0.3) is 5.91 Å². The molecule has 0 spiro atoms. The van der Waals surface area contributed by atoms with Gasteiger partial charge in [-0.3, -0.25) is 4.79 Å². The van der Waals surface area contributed by atoms with E-state index in [-0.39, 0.29) is 29.8 Å². The first-order chi connectivity index (χ1) is 11.9. The quantitative estimate of drug-likeness (QED) is 0.787. The van der Waals surface area contributed by atoms with Crippen LogP contribution >= 0.6 is 0 Å². The Morgan fingerprint density at radius 2 is 1.88 bits per heavy atom. The van der Waals surface area contributed by atoms with E-state index in [9.17, 15) is 18.0 Å². The van der Waals surface area contributed by atoms with Crippen molar-refractivity contribution in [1.29, 1.82) is 0 Å². The minimum atomic E-state index is -0.842. The summed E-state index contributed by atoms with van der Waals surface area (Å²) in [5, 5.41) is 0. The molecule has 2 aromatic rings. The molecule has 6 heteroatoms. The fourth-order valence-corrected chi connectivity index (χ4v) is 2.63. The highest BCUT2D eigenvalue weighted by Gasteiger charge is 2.35. The van der Waals surface area contributed by atoms with Gasteiger partial charge in [-0.2, -0.15) is 0 Å². The van der Waals surface area contributed by atoms with Crippen LogP contribution in [-0.4, -0.2) is 23.0 Å². The predicted molar refractivity (Wildman–Crippen MR) is 86.4 cm³/mol. The van der Waals surface area contributed by atoms with Crippen LogP contribution in [0.3, 0.4) is 0 Å². The second-order valence-corrected chi connectivity index (χ2v) is 6.15. The Hall–Kier alpha value is -2.50. The maximum atomic E-state index is 13.9. The van der Waals surface area contributed by atoms with Gasteiger partial charge in [-0.05, 0) is 38.0 Å². The Morgan fingerprint density at radius 3 is 2.52 bits per heavy atom. The Morgan fingerprint density at radius 1 is 1.16 bits per heavy atom. The summed E-state index contributed by atoms with van der Waals surface area (Å²) in [5.74, 6) is -1.85. The summed E-state index contributed by atoms with van der Waals surface area (Å²) in [6, 6.07) is 8.87. The molecule has 2 aromatic carbocycles. The molecule has 0 N–H and O–H groups in total. The SMILES string of the molecule is CC(Oc1cccc(F)c1)C(=O)N(Cc1ccc(F)cc1F)C1CC1. The topological polar surface area (TPSA) is 29.5 Å². The summed E-state index contributed by atoms with van der Waals surface area (Å²) in [4.78, 5) is 14.2. The van der Waals surface area contributed by atoms with Gasteiger partial charge < -0.3 is 9.64 Å². The van der Waals surface area contributed by atoms with Crippen molar-refractivity contribution in [3.05, 3.63) is 65.5 Å². The monoisotopic (exact) mass is 349 g/mol. The number of hydrogen-bond acceptors (Lipinski definition) is 2. The Kier molecular flexibility index (Phi) is 4.97. The molecule has 0 radical (unpaired) electrons. The van der Waals surface area contributed by atoms with Gasteiger partial charge in [-0.1, -0.05) is 12.1 Å². The molecule has 0 aliphatic heterocycles. The van der Waals surface area contributed by atoms with Gasteiger partial charge in [0.05, 0.1) is 0 Å². The lowest BCUT2D eigenvalue weighted by molar-refractivity contribution is -0.139. The first-order valence-corrected chi connectivity index (χ1v) is 8.10. The number of benzene rings is 2. The molecule has 132 valence electrons. The molecule has 0 heterocycles. The van der Waals surface area contributed by atoms with Gasteiger partial charge in [-0.25, -0.2) is 13.2 Å². The third-order valence-electron chi connectivity index (χ3n) is 4.08. The molecular formula is C19H18F3NO2. The molecule has 1 unspecified atom stereocenters. The van der Waals surface area contributed by atoms with Crippen LogP contribution in [0.1, 0.15) is 25.3 Å². The molecule has 1 saturated carbocycles. The minimum Gasteiger partial charge on any atom is -0.481 e. The molecule has 1 fully saturated rings. The molecule has 0 saturated heterocycles. The smallest absolute Gasteiger partial charge is 0.263 e. The fraction of sp³-hybridized carbons (Fsp3) is 0.316. The third-order valence-corrected chi connectivity index (χ3v) is 4.08. The number of rotatable bonds is 6. The lowest BCUT2D eigenvalue weighted by Crippen LogP contribution is -2.41. The van der Waals surface area contributed by atoms with E-state index in [1.165, 1.54) is 30.3 Å². The summed E-state index contributed by atoms with van der Waals surface area (Å²) < 4.78 is 45.7.